The summed E-state index contributed by atoms with van der Waals surface area (Å²) in [6.45, 7) is 4.25. The number of nitrogens with zero attached hydrogens (tertiary/aromatic N) is 4. The Labute approximate surface area is 98.3 Å². The van der Waals surface area contributed by atoms with Crippen molar-refractivity contribution in [3.05, 3.63) is 23.8 Å². The maximum absolute atomic E-state index is 4.47. The number of hydrogen-bond acceptors (Lipinski definition) is 4. The SMILES string of the molecule is CC(c1cnc(C(C)N(C)C)cn1)N(C)C. The first-order valence-electron chi connectivity index (χ1n) is 5.58. The lowest BCUT2D eigenvalue weighted by molar-refractivity contribution is 0.306. The molecule has 0 saturated heterocycles. The summed E-state index contributed by atoms with van der Waals surface area (Å²) in [7, 11) is 8.18. The molecule has 0 aromatic carbocycles. The molecule has 90 valence electrons. The summed E-state index contributed by atoms with van der Waals surface area (Å²) in [5, 5.41) is 0. The lowest BCUT2D eigenvalue weighted by atomic mass is 10.2. The van der Waals surface area contributed by atoms with Gasteiger partial charge in [-0.15, -0.1) is 0 Å². The molecular formula is C12H22N4. The largest absolute Gasteiger partial charge is 0.301 e. The van der Waals surface area contributed by atoms with E-state index >= 15 is 0 Å². The molecule has 0 fully saturated rings. The van der Waals surface area contributed by atoms with Crippen LogP contribution in [0.1, 0.15) is 37.3 Å². The highest BCUT2D eigenvalue weighted by atomic mass is 15.1. The van der Waals surface area contributed by atoms with Crippen LogP contribution in [-0.2, 0) is 0 Å². The van der Waals surface area contributed by atoms with Crippen molar-refractivity contribution in [2.24, 2.45) is 0 Å². The van der Waals surface area contributed by atoms with Crippen LogP contribution in [0.4, 0.5) is 0 Å². The van der Waals surface area contributed by atoms with Crippen molar-refractivity contribution in [2.45, 2.75) is 25.9 Å². The Morgan fingerprint density at radius 2 is 1.12 bits per heavy atom. The molecule has 4 heteroatoms. The maximum atomic E-state index is 4.47. The Hall–Kier alpha value is -1.00. The lowest BCUT2D eigenvalue weighted by Crippen LogP contribution is -2.20. The van der Waals surface area contributed by atoms with E-state index in [2.05, 4.69) is 33.6 Å². The molecule has 4 nitrogen and oxygen atoms in total. The molecule has 1 heterocycles. The van der Waals surface area contributed by atoms with Gasteiger partial charge in [0.2, 0.25) is 0 Å². The van der Waals surface area contributed by atoms with Gasteiger partial charge in [-0.1, -0.05) is 0 Å². The van der Waals surface area contributed by atoms with Crippen molar-refractivity contribution >= 4 is 0 Å². The van der Waals surface area contributed by atoms with Gasteiger partial charge in [-0.25, -0.2) is 0 Å². The van der Waals surface area contributed by atoms with E-state index in [4.69, 9.17) is 0 Å². The quantitative estimate of drug-likeness (QED) is 0.776. The molecule has 0 aliphatic rings. The zero-order chi connectivity index (χ0) is 12.3. The zero-order valence-corrected chi connectivity index (χ0v) is 11.1. The third kappa shape index (κ3) is 3.00. The summed E-state index contributed by atoms with van der Waals surface area (Å²) >= 11 is 0. The summed E-state index contributed by atoms with van der Waals surface area (Å²) in [5.74, 6) is 0. The minimum absolute atomic E-state index is 0.302. The first-order valence-corrected chi connectivity index (χ1v) is 5.58. The highest BCUT2D eigenvalue weighted by Gasteiger charge is 2.13. The van der Waals surface area contributed by atoms with Crippen LogP contribution in [0.2, 0.25) is 0 Å². The van der Waals surface area contributed by atoms with E-state index in [1.807, 2.05) is 40.6 Å². The van der Waals surface area contributed by atoms with E-state index in [0.29, 0.717) is 12.1 Å². The van der Waals surface area contributed by atoms with Crippen LogP contribution in [0.15, 0.2) is 12.4 Å². The van der Waals surface area contributed by atoms with Crippen LogP contribution in [-0.4, -0.2) is 48.0 Å². The van der Waals surface area contributed by atoms with Gasteiger partial charge in [-0.3, -0.25) is 9.97 Å². The highest BCUT2D eigenvalue weighted by Crippen LogP contribution is 2.17. The Kier molecular flexibility index (Phi) is 4.38. The molecule has 0 saturated carbocycles. The van der Waals surface area contributed by atoms with E-state index in [9.17, 15) is 0 Å². The number of hydrogen-bond donors (Lipinski definition) is 0. The van der Waals surface area contributed by atoms with Gasteiger partial charge >= 0.3 is 0 Å². The van der Waals surface area contributed by atoms with Crippen LogP contribution >= 0.6 is 0 Å². The zero-order valence-electron chi connectivity index (χ0n) is 11.1. The van der Waals surface area contributed by atoms with Crippen molar-refractivity contribution in [1.29, 1.82) is 0 Å². The Balaban J connectivity index is 2.83. The first kappa shape index (κ1) is 13.1. The third-order valence-corrected chi connectivity index (χ3v) is 3.10. The maximum Gasteiger partial charge on any atom is 0.0755 e. The standard InChI is InChI=1S/C12H22N4/c1-9(15(3)4)11-7-14-12(8-13-11)10(2)16(5)6/h7-10H,1-6H3. The molecular weight excluding hydrogens is 200 g/mol. The van der Waals surface area contributed by atoms with Gasteiger partial charge in [0.1, 0.15) is 0 Å². The summed E-state index contributed by atoms with van der Waals surface area (Å²) in [5.41, 5.74) is 2.03. The predicted octanol–water partition coefficient (Wildman–Crippen LogP) is 1.72. The van der Waals surface area contributed by atoms with Gasteiger partial charge in [0.25, 0.3) is 0 Å². The Morgan fingerprint density at radius 3 is 1.31 bits per heavy atom. The molecule has 1 rings (SSSR count). The van der Waals surface area contributed by atoms with E-state index in [1.165, 1.54) is 0 Å². The van der Waals surface area contributed by atoms with Crippen LogP contribution in [0.5, 0.6) is 0 Å². The first-order chi connectivity index (χ1) is 7.43. The monoisotopic (exact) mass is 222 g/mol. The van der Waals surface area contributed by atoms with Crippen LogP contribution in [0, 0.1) is 0 Å². The molecule has 16 heavy (non-hydrogen) atoms. The second-order valence-electron chi connectivity index (χ2n) is 4.65. The summed E-state index contributed by atoms with van der Waals surface area (Å²) in [6, 6.07) is 0.604. The fourth-order valence-corrected chi connectivity index (χ4v) is 1.31. The Morgan fingerprint density at radius 1 is 0.812 bits per heavy atom. The van der Waals surface area contributed by atoms with E-state index < -0.39 is 0 Å². The Bertz CT molecular complexity index is 285. The third-order valence-electron chi connectivity index (χ3n) is 3.10. The summed E-state index contributed by atoms with van der Waals surface area (Å²) < 4.78 is 0. The molecule has 0 bridgehead atoms. The molecule has 0 N–H and O–H groups in total. The molecule has 1 aromatic heterocycles. The van der Waals surface area contributed by atoms with Gasteiger partial charge in [0, 0.05) is 0 Å². The second-order valence-corrected chi connectivity index (χ2v) is 4.65. The fraction of sp³-hybridized carbons (Fsp3) is 0.667. The van der Waals surface area contributed by atoms with Crippen molar-refractivity contribution in [2.75, 3.05) is 28.2 Å². The highest BCUT2D eigenvalue weighted by molar-refractivity contribution is 5.08. The van der Waals surface area contributed by atoms with E-state index in [0.717, 1.165) is 11.4 Å². The van der Waals surface area contributed by atoms with Crippen molar-refractivity contribution < 1.29 is 0 Å². The van der Waals surface area contributed by atoms with Gasteiger partial charge in [-0.05, 0) is 42.0 Å². The van der Waals surface area contributed by atoms with Crippen molar-refractivity contribution in [1.82, 2.24) is 19.8 Å². The van der Waals surface area contributed by atoms with Crippen LogP contribution in [0.25, 0.3) is 0 Å². The molecule has 1 aromatic rings. The predicted molar refractivity (Wildman–Crippen MR) is 66.2 cm³/mol. The molecule has 0 spiro atoms. The normalized spacial score (nSPS) is 15.5. The lowest BCUT2D eigenvalue weighted by Gasteiger charge is -2.21. The van der Waals surface area contributed by atoms with E-state index in [-0.39, 0.29) is 0 Å². The second kappa shape index (κ2) is 5.37. The average molecular weight is 222 g/mol. The van der Waals surface area contributed by atoms with Crippen LogP contribution in [0.3, 0.4) is 0 Å². The minimum Gasteiger partial charge on any atom is -0.301 e. The number of rotatable bonds is 4. The topological polar surface area (TPSA) is 32.3 Å². The molecule has 0 radical (unpaired) electrons. The van der Waals surface area contributed by atoms with E-state index in [1.54, 1.807) is 0 Å². The molecule has 0 amide bonds. The molecule has 0 aliphatic heterocycles. The van der Waals surface area contributed by atoms with Crippen LogP contribution < -0.4 is 0 Å². The smallest absolute Gasteiger partial charge is 0.0755 e. The summed E-state index contributed by atoms with van der Waals surface area (Å²) in [4.78, 5) is 13.2. The average Bonchev–Trinajstić information content (AvgIpc) is 2.27. The van der Waals surface area contributed by atoms with Crippen molar-refractivity contribution in [3.63, 3.8) is 0 Å². The molecule has 2 atom stereocenters. The molecule has 2 unspecified atom stereocenters. The van der Waals surface area contributed by atoms with Gasteiger partial charge in [0.05, 0.1) is 35.9 Å². The summed E-state index contributed by atoms with van der Waals surface area (Å²) in [6.07, 6.45) is 3.75. The minimum atomic E-state index is 0.302. The van der Waals surface area contributed by atoms with Crippen molar-refractivity contribution in [3.8, 4) is 0 Å². The fourth-order valence-electron chi connectivity index (χ4n) is 1.31. The number of aromatic nitrogens is 2. The molecule has 0 aliphatic carbocycles. The van der Waals surface area contributed by atoms with Gasteiger partial charge < -0.3 is 9.80 Å². The van der Waals surface area contributed by atoms with Gasteiger partial charge in [0.15, 0.2) is 0 Å². The van der Waals surface area contributed by atoms with Gasteiger partial charge in [-0.2, -0.15) is 0 Å².